The highest BCUT2D eigenvalue weighted by Gasteiger charge is 2.16. The van der Waals surface area contributed by atoms with Crippen LogP contribution in [0.2, 0.25) is 0 Å². The molecule has 26 heavy (non-hydrogen) atoms. The van der Waals surface area contributed by atoms with Gasteiger partial charge in [0.15, 0.2) is 5.76 Å². The van der Waals surface area contributed by atoms with Crippen LogP contribution in [0.4, 0.5) is 15.8 Å². The molecule has 0 fully saturated rings. The van der Waals surface area contributed by atoms with Crippen LogP contribution in [-0.2, 0) is 11.2 Å². The third kappa shape index (κ3) is 3.92. The van der Waals surface area contributed by atoms with Gasteiger partial charge >= 0.3 is 5.69 Å². The first-order valence-corrected chi connectivity index (χ1v) is 7.69. The minimum absolute atomic E-state index is 0.0828. The Morgan fingerprint density at radius 2 is 1.96 bits per heavy atom. The van der Waals surface area contributed by atoms with Crippen LogP contribution in [0.5, 0.6) is 0 Å². The molecule has 0 spiro atoms. The first-order chi connectivity index (χ1) is 12.4. The number of benzene rings is 2. The summed E-state index contributed by atoms with van der Waals surface area (Å²) in [6.45, 7) is 1.97. The molecule has 1 aromatic heterocycles. The van der Waals surface area contributed by atoms with Crippen molar-refractivity contribution in [2.75, 3.05) is 5.32 Å². The summed E-state index contributed by atoms with van der Waals surface area (Å²) < 4.78 is 18.6. The van der Waals surface area contributed by atoms with Gasteiger partial charge in [0, 0.05) is 23.4 Å². The fourth-order valence-electron chi connectivity index (χ4n) is 2.35. The molecule has 3 aromatic rings. The largest absolute Gasteiger partial charge is 0.356 e. The summed E-state index contributed by atoms with van der Waals surface area (Å²) in [5.41, 5.74) is 1.79. The highest BCUT2D eigenvalue weighted by atomic mass is 19.1. The Balaban J connectivity index is 1.68. The Kier molecular flexibility index (Phi) is 4.74. The molecule has 0 aliphatic carbocycles. The van der Waals surface area contributed by atoms with Crippen LogP contribution < -0.4 is 5.32 Å². The molecule has 7 nitrogen and oxygen atoms in total. The SMILES string of the molecule is Cc1ccc(-c2cc(CC(=O)Nc3ccc(F)c([N+](=O)[O-])c3)no2)cc1. The van der Waals surface area contributed by atoms with Crippen molar-refractivity contribution in [1.29, 1.82) is 0 Å². The molecular formula is C18H14FN3O4. The lowest BCUT2D eigenvalue weighted by molar-refractivity contribution is -0.387. The molecule has 1 N–H and O–H groups in total. The molecule has 0 aliphatic heterocycles. The zero-order chi connectivity index (χ0) is 18.7. The average molecular weight is 355 g/mol. The number of amides is 1. The number of nitro groups is 1. The number of anilines is 1. The molecule has 3 rings (SSSR count). The summed E-state index contributed by atoms with van der Waals surface area (Å²) in [5.74, 6) is -0.882. The predicted octanol–water partition coefficient (Wildman–Crippen LogP) is 3.88. The average Bonchev–Trinajstić information content (AvgIpc) is 3.05. The zero-order valence-electron chi connectivity index (χ0n) is 13.7. The minimum atomic E-state index is -0.966. The molecule has 2 aromatic carbocycles. The number of aromatic nitrogens is 1. The summed E-state index contributed by atoms with van der Waals surface area (Å²) in [6.07, 6.45) is -0.0828. The number of halogens is 1. The molecule has 0 saturated heterocycles. The van der Waals surface area contributed by atoms with Gasteiger partial charge in [0.05, 0.1) is 17.0 Å². The number of nitrogens with zero attached hydrogens (tertiary/aromatic N) is 2. The minimum Gasteiger partial charge on any atom is -0.356 e. The number of carbonyl (C=O) groups excluding carboxylic acids is 1. The van der Waals surface area contributed by atoms with Gasteiger partial charge in [0.25, 0.3) is 0 Å². The van der Waals surface area contributed by atoms with Crippen LogP contribution in [0.15, 0.2) is 53.1 Å². The van der Waals surface area contributed by atoms with E-state index in [4.69, 9.17) is 4.52 Å². The van der Waals surface area contributed by atoms with Gasteiger partial charge in [-0.05, 0) is 19.1 Å². The van der Waals surface area contributed by atoms with E-state index in [0.717, 1.165) is 23.3 Å². The van der Waals surface area contributed by atoms with E-state index in [1.165, 1.54) is 6.07 Å². The van der Waals surface area contributed by atoms with Crippen molar-refractivity contribution in [3.05, 3.63) is 75.7 Å². The first kappa shape index (κ1) is 17.3. The molecule has 0 radical (unpaired) electrons. The number of aryl methyl sites for hydroxylation is 1. The molecule has 1 amide bonds. The van der Waals surface area contributed by atoms with Crippen LogP contribution in [0.3, 0.4) is 0 Å². The van der Waals surface area contributed by atoms with Crippen molar-refractivity contribution < 1.29 is 18.6 Å². The Bertz CT molecular complexity index is 967. The van der Waals surface area contributed by atoms with E-state index in [-0.39, 0.29) is 12.1 Å². The lowest BCUT2D eigenvalue weighted by atomic mass is 10.1. The Morgan fingerprint density at radius 1 is 1.23 bits per heavy atom. The molecular weight excluding hydrogens is 341 g/mol. The number of rotatable bonds is 5. The second-order valence-corrected chi connectivity index (χ2v) is 5.70. The van der Waals surface area contributed by atoms with E-state index in [2.05, 4.69) is 10.5 Å². The number of nitro benzene ring substituents is 1. The van der Waals surface area contributed by atoms with Gasteiger partial charge in [-0.3, -0.25) is 14.9 Å². The summed E-state index contributed by atoms with van der Waals surface area (Å²) in [5, 5.41) is 17.1. The second kappa shape index (κ2) is 7.14. The maximum Gasteiger partial charge on any atom is 0.306 e. The van der Waals surface area contributed by atoms with Crippen LogP contribution in [0.1, 0.15) is 11.3 Å². The molecule has 1 heterocycles. The van der Waals surface area contributed by atoms with Crippen LogP contribution >= 0.6 is 0 Å². The van der Waals surface area contributed by atoms with Crippen molar-refractivity contribution in [2.24, 2.45) is 0 Å². The summed E-state index contributed by atoms with van der Waals surface area (Å²) in [4.78, 5) is 22.0. The van der Waals surface area contributed by atoms with Crippen LogP contribution in [-0.4, -0.2) is 16.0 Å². The zero-order valence-corrected chi connectivity index (χ0v) is 13.7. The fourth-order valence-corrected chi connectivity index (χ4v) is 2.35. The van der Waals surface area contributed by atoms with E-state index in [1.54, 1.807) is 6.07 Å². The Morgan fingerprint density at radius 3 is 2.65 bits per heavy atom. The van der Waals surface area contributed by atoms with Gasteiger partial charge in [0.2, 0.25) is 11.7 Å². The van der Waals surface area contributed by atoms with Gasteiger partial charge < -0.3 is 9.84 Å². The topological polar surface area (TPSA) is 98.3 Å². The smallest absolute Gasteiger partial charge is 0.306 e. The predicted molar refractivity (Wildman–Crippen MR) is 92.1 cm³/mol. The summed E-state index contributed by atoms with van der Waals surface area (Å²) in [6, 6.07) is 12.4. The van der Waals surface area contributed by atoms with Crippen LogP contribution in [0.25, 0.3) is 11.3 Å². The molecule has 0 saturated carbocycles. The van der Waals surface area contributed by atoms with E-state index in [9.17, 15) is 19.3 Å². The quantitative estimate of drug-likeness (QED) is 0.553. The van der Waals surface area contributed by atoms with Crippen molar-refractivity contribution >= 4 is 17.3 Å². The maximum absolute atomic E-state index is 13.3. The van der Waals surface area contributed by atoms with Gasteiger partial charge in [0.1, 0.15) is 0 Å². The van der Waals surface area contributed by atoms with Crippen molar-refractivity contribution in [1.82, 2.24) is 5.16 Å². The van der Waals surface area contributed by atoms with Crippen molar-refractivity contribution in [3.63, 3.8) is 0 Å². The van der Waals surface area contributed by atoms with E-state index >= 15 is 0 Å². The summed E-state index contributed by atoms with van der Waals surface area (Å²) in [7, 11) is 0. The van der Waals surface area contributed by atoms with E-state index in [0.29, 0.717) is 11.5 Å². The lowest BCUT2D eigenvalue weighted by Gasteiger charge is -2.04. The highest BCUT2D eigenvalue weighted by molar-refractivity contribution is 5.92. The van der Waals surface area contributed by atoms with Gasteiger partial charge in [-0.1, -0.05) is 35.0 Å². The van der Waals surface area contributed by atoms with Gasteiger partial charge in [-0.25, -0.2) is 0 Å². The number of hydrogen-bond donors (Lipinski definition) is 1. The van der Waals surface area contributed by atoms with Gasteiger partial charge in [-0.15, -0.1) is 0 Å². The highest BCUT2D eigenvalue weighted by Crippen LogP contribution is 2.23. The van der Waals surface area contributed by atoms with E-state index in [1.807, 2.05) is 31.2 Å². The molecule has 0 aliphatic rings. The van der Waals surface area contributed by atoms with Crippen molar-refractivity contribution in [3.8, 4) is 11.3 Å². The van der Waals surface area contributed by atoms with E-state index < -0.39 is 22.3 Å². The Hall–Kier alpha value is -3.55. The van der Waals surface area contributed by atoms with Crippen molar-refractivity contribution in [2.45, 2.75) is 13.3 Å². The molecule has 132 valence electrons. The Labute approximate surface area is 147 Å². The molecule has 8 heteroatoms. The number of hydrogen-bond acceptors (Lipinski definition) is 5. The standard InChI is InChI=1S/C18H14FN3O4/c1-11-2-4-12(5-3-11)17-9-14(21-26-17)10-18(23)20-13-6-7-15(19)16(8-13)22(24)25/h2-9H,10H2,1H3,(H,20,23). The molecule has 0 bridgehead atoms. The maximum atomic E-state index is 13.3. The number of carbonyl (C=O) groups is 1. The molecule has 0 atom stereocenters. The first-order valence-electron chi connectivity index (χ1n) is 7.69. The third-order valence-corrected chi connectivity index (χ3v) is 3.66. The number of nitrogens with one attached hydrogen (secondary N) is 1. The van der Waals surface area contributed by atoms with Gasteiger partial charge in [-0.2, -0.15) is 4.39 Å². The fraction of sp³-hybridized carbons (Fsp3) is 0.111. The van der Waals surface area contributed by atoms with Crippen LogP contribution in [0, 0.1) is 22.9 Å². The summed E-state index contributed by atoms with van der Waals surface area (Å²) >= 11 is 0. The lowest BCUT2D eigenvalue weighted by Crippen LogP contribution is -2.14. The normalized spacial score (nSPS) is 10.5. The third-order valence-electron chi connectivity index (χ3n) is 3.66. The molecule has 0 unspecified atom stereocenters. The monoisotopic (exact) mass is 355 g/mol. The second-order valence-electron chi connectivity index (χ2n) is 5.70.